The van der Waals surface area contributed by atoms with Gasteiger partial charge in [0.05, 0.1) is 18.6 Å². The van der Waals surface area contributed by atoms with Gasteiger partial charge in [0.1, 0.15) is 0 Å². The highest BCUT2D eigenvalue weighted by Gasteiger charge is 2.25. The van der Waals surface area contributed by atoms with Crippen molar-refractivity contribution in [1.29, 1.82) is 0 Å². The molecule has 124 valence electrons. The van der Waals surface area contributed by atoms with Crippen molar-refractivity contribution >= 4 is 5.91 Å². The molecule has 0 saturated carbocycles. The molecule has 0 bridgehead atoms. The number of hydrogen-bond donors (Lipinski definition) is 0. The van der Waals surface area contributed by atoms with E-state index < -0.39 is 0 Å². The van der Waals surface area contributed by atoms with E-state index in [1.165, 1.54) is 0 Å². The summed E-state index contributed by atoms with van der Waals surface area (Å²) in [5.41, 5.74) is 3.45. The van der Waals surface area contributed by atoms with Gasteiger partial charge < -0.3 is 9.32 Å². The van der Waals surface area contributed by atoms with Crippen LogP contribution in [0.2, 0.25) is 0 Å². The molecule has 0 spiro atoms. The molecule has 1 atom stereocenters. The minimum Gasteiger partial charge on any atom is -0.472 e. The van der Waals surface area contributed by atoms with Crippen LogP contribution in [0.25, 0.3) is 0 Å². The van der Waals surface area contributed by atoms with Gasteiger partial charge in [0, 0.05) is 24.8 Å². The van der Waals surface area contributed by atoms with Crippen molar-refractivity contribution in [1.82, 2.24) is 14.7 Å². The Morgan fingerprint density at radius 1 is 1.29 bits per heavy atom. The van der Waals surface area contributed by atoms with Crippen molar-refractivity contribution < 1.29 is 9.21 Å². The number of rotatable bonds is 5. The number of amides is 1. The van der Waals surface area contributed by atoms with E-state index in [0.29, 0.717) is 12.2 Å². The Morgan fingerprint density at radius 3 is 2.62 bits per heavy atom. The van der Waals surface area contributed by atoms with Gasteiger partial charge in [0.25, 0.3) is 5.91 Å². The highest BCUT2D eigenvalue weighted by atomic mass is 16.3. The lowest BCUT2D eigenvalue weighted by Crippen LogP contribution is -2.33. The summed E-state index contributed by atoms with van der Waals surface area (Å²) in [7, 11) is 1.84. The molecule has 2 aromatic heterocycles. The maximum atomic E-state index is 13.1. The lowest BCUT2D eigenvalue weighted by molar-refractivity contribution is 0.0667. The summed E-state index contributed by atoms with van der Waals surface area (Å²) in [5, 5.41) is 4.34. The number of aryl methyl sites for hydroxylation is 2. The van der Waals surface area contributed by atoms with Crippen molar-refractivity contribution in [2.24, 2.45) is 7.05 Å². The monoisotopic (exact) mass is 323 g/mol. The van der Waals surface area contributed by atoms with Crippen LogP contribution in [0, 0.1) is 6.92 Å². The van der Waals surface area contributed by atoms with Gasteiger partial charge in [-0.2, -0.15) is 5.10 Å². The molecule has 3 rings (SSSR count). The number of aromatic nitrogens is 2. The van der Waals surface area contributed by atoms with Gasteiger partial charge in [-0.3, -0.25) is 9.48 Å². The van der Waals surface area contributed by atoms with Crippen LogP contribution < -0.4 is 0 Å². The summed E-state index contributed by atoms with van der Waals surface area (Å²) >= 11 is 0. The summed E-state index contributed by atoms with van der Waals surface area (Å²) in [5.74, 6) is -0.0868. The van der Waals surface area contributed by atoms with Crippen LogP contribution in [-0.4, -0.2) is 20.6 Å². The highest BCUT2D eigenvalue weighted by molar-refractivity contribution is 5.92. The van der Waals surface area contributed by atoms with Gasteiger partial charge in [0.2, 0.25) is 0 Å². The van der Waals surface area contributed by atoms with Crippen LogP contribution >= 0.6 is 0 Å². The van der Waals surface area contributed by atoms with Gasteiger partial charge in [-0.25, -0.2) is 0 Å². The van der Waals surface area contributed by atoms with Crippen LogP contribution in [0.4, 0.5) is 0 Å². The third-order valence-electron chi connectivity index (χ3n) is 4.28. The van der Waals surface area contributed by atoms with Crippen molar-refractivity contribution in [3.05, 3.63) is 77.5 Å². The Bertz CT molecular complexity index is 787. The first-order chi connectivity index (χ1) is 11.6. The van der Waals surface area contributed by atoms with Crippen LogP contribution in [0.15, 0.2) is 59.4 Å². The average Bonchev–Trinajstić information content (AvgIpc) is 3.22. The van der Waals surface area contributed by atoms with E-state index in [9.17, 15) is 4.79 Å². The van der Waals surface area contributed by atoms with E-state index in [0.717, 1.165) is 16.8 Å². The molecular formula is C19H21N3O2. The first-order valence-corrected chi connectivity index (χ1v) is 7.94. The van der Waals surface area contributed by atoms with E-state index in [-0.39, 0.29) is 11.9 Å². The number of nitrogens with zero attached hydrogens (tertiary/aromatic N) is 3. The van der Waals surface area contributed by atoms with Gasteiger partial charge in [0.15, 0.2) is 5.69 Å². The summed E-state index contributed by atoms with van der Waals surface area (Å²) in [4.78, 5) is 14.9. The molecule has 0 radical (unpaired) electrons. The van der Waals surface area contributed by atoms with E-state index in [2.05, 4.69) is 5.10 Å². The topological polar surface area (TPSA) is 51.3 Å². The largest absolute Gasteiger partial charge is 0.472 e. The van der Waals surface area contributed by atoms with Crippen molar-refractivity contribution in [2.45, 2.75) is 26.4 Å². The molecule has 5 nitrogen and oxygen atoms in total. The molecule has 0 unspecified atom stereocenters. The zero-order valence-corrected chi connectivity index (χ0v) is 14.1. The minimum absolute atomic E-state index is 0.0732. The standard InChI is InChI=1S/C19H21N3O2/c1-14-11-18(20-21(14)3)19(23)22(12-16-9-10-24-13-16)15(2)17-7-5-4-6-8-17/h4-11,13,15H,12H2,1-3H3/t15-/m1/s1. The second kappa shape index (κ2) is 6.74. The number of carbonyl (C=O) groups is 1. The second-order valence-electron chi connectivity index (χ2n) is 5.95. The predicted molar refractivity (Wildman–Crippen MR) is 91.4 cm³/mol. The van der Waals surface area contributed by atoms with Crippen LogP contribution in [0.5, 0.6) is 0 Å². The Morgan fingerprint density at radius 2 is 2.04 bits per heavy atom. The Labute approximate surface area is 141 Å². The average molecular weight is 323 g/mol. The molecular weight excluding hydrogens is 302 g/mol. The molecule has 1 aromatic carbocycles. The zero-order chi connectivity index (χ0) is 17.1. The summed E-state index contributed by atoms with van der Waals surface area (Å²) < 4.78 is 6.87. The lowest BCUT2D eigenvalue weighted by atomic mass is 10.1. The van der Waals surface area contributed by atoms with Crippen LogP contribution in [0.1, 0.15) is 40.3 Å². The first kappa shape index (κ1) is 16.1. The van der Waals surface area contributed by atoms with Crippen molar-refractivity contribution in [2.75, 3.05) is 0 Å². The van der Waals surface area contributed by atoms with Crippen LogP contribution in [-0.2, 0) is 13.6 Å². The molecule has 1 amide bonds. The van der Waals surface area contributed by atoms with E-state index in [1.807, 2.05) is 68.3 Å². The number of benzene rings is 1. The Hall–Kier alpha value is -2.82. The fourth-order valence-electron chi connectivity index (χ4n) is 2.69. The molecule has 2 heterocycles. The molecule has 3 aromatic rings. The summed E-state index contributed by atoms with van der Waals surface area (Å²) in [6.07, 6.45) is 3.29. The highest BCUT2D eigenvalue weighted by Crippen LogP contribution is 2.24. The quantitative estimate of drug-likeness (QED) is 0.719. The number of furan rings is 1. The van der Waals surface area contributed by atoms with E-state index in [4.69, 9.17) is 4.42 Å². The fourth-order valence-corrected chi connectivity index (χ4v) is 2.69. The Kier molecular flexibility index (Phi) is 4.51. The molecule has 0 N–H and O–H groups in total. The van der Waals surface area contributed by atoms with Crippen molar-refractivity contribution in [3.63, 3.8) is 0 Å². The van der Waals surface area contributed by atoms with Crippen molar-refractivity contribution in [3.8, 4) is 0 Å². The third kappa shape index (κ3) is 3.25. The molecule has 5 heteroatoms. The number of carbonyl (C=O) groups excluding carboxylic acids is 1. The molecule has 0 aliphatic carbocycles. The first-order valence-electron chi connectivity index (χ1n) is 7.94. The Balaban J connectivity index is 1.93. The SMILES string of the molecule is Cc1cc(C(=O)N(Cc2ccoc2)[C@H](C)c2ccccc2)nn1C. The van der Waals surface area contributed by atoms with Gasteiger partial charge in [-0.1, -0.05) is 30.3 Å². The molecule has 0 fully saturated rings. The minimum atomic E-state index is -0.0868. The third-order valence-corrected chi connectivity index (χ3v) is 4.28. The summed E-state index contributed by atoms with van der Waals surface area (Å²) in [6, 6.07) is 13.6. The molecule has 0 aliphatic heterocycles. The second-order valence-corrected chi connectivity index (χ2v) is 5.95. The fraction of sp³-hybridized carbons (Fsp3) is 0.263. The maximum absolute atomic E-state index is 13.1. The maximum Gasteiger partial charge on any atom is 0.275 e. The summed E-state index contributed by atoms with van der Waals surface area (Å²) in [6.45, 7) is 4.44. The zero-order valence-electron chi connectivity index (χ0n) is 14.1. The van der Waals surface area contributed by atoms with Crippen LogP contribution in [0.3, 0.4) is 0 Å². The van der Waals surface area contributed by atoms with Gasteiger partial charge in [-0.15, -0.1) is 0 Å². The normalized spacial score (nSPS) is 12.1. The predicted octanol–water partition coefficient (Wildman–Crippen LogP) is 3.73. The van der Waals surface area contributed by atoms with E-state index >= 15 is 0 Å². The lowest BCUT2D eigenvalue weighted by Gasteiger charge is -2.28. The van der Waals surface area contributed by atoms with Gasteiger partial charge >= 0.3 is 0 Å². The molecule has 24 heavy (non-hydrogen) atoms. The number of hydrogen-bond acceptors (Lipinski definition) is 3. The molecule has 0 saturated heterocycles. The van der Waals surface area contributed by atoms with Gasteiger partial charge in [-0.05, 0) is 31.5 Å². The smallest absolute Gasteiger partial charge is 0.275 e. The molecule has 0 aliphatic rings. The van der Waals surface area contributed by atoms with E-state index in [1.54, 1.807) is 17.2 Å².